The predicted molar refractivity (Wildman–Crippen MR) is 42.1 cm³/mol. The first-order valence-electron chi connectivity index (χ1n) is 3.55. The Morgan fingerprint density at radius 3 is 3.00 bits per heavy atom. The Bertz CT molecular complexity index is 368. The number of aldehydes is 1. The summed E-state index contributed by atoms with van der Waals surface area (Å²) >= 11 is 0. The summed E-state index contributed by atoms with van der Waals surface area (Å²) in [5.74, 6) is -0.0688. The van der Waals surface area contributed by atoms with E-state index in [2.05, 4.69) is 10.1 Å². The van der Waals surface area contributed by atoms with Crippen molar-refractivity contribution in [3.05, 3.63) is 12.6 Å². The maximum absolute atomic E-state index is 11.2. The molecule has 0 aromatic carbocycles. The number of oxazole rings is 1. The number of anilines is 1. The van der Waals surface area contributed by atoms with Gasteiger partial charge in [-0.2, -0.15) is 10.1 Å². The number of carbonyl (C=O) groups excluding carboxylic acids is 2. The molecule has 0 atom stereocenters. The highest BCUT2D eigenvalue weighted by molar-refractivity contribution is 6.36. The van der Waals surface area contributed by atoms with Crippen molar-refractivity contribution < 1.29 is 14.0 Å². The minimum Gasteiger partial charge on any atom is -0.426 e. The van der Waals surface area contributed by atoms with Crippen molar-refractivity contribution in [3.8, 4) is 0 Å². The molecule has 2 rings (SSSR count). The minimum absolute atomic E-state index is 0.0181. The van der Waals surface area contributed by atoms with Gasteiger partial charge in [-0.15, -0.1) is 0 Å². The highest BCUT2D eigenvalue weighted by Crippen LogP contribution is 2.18. The van der Waals surface area contributed by atoms with Crippen LogP contribution in [0.5, 0.6) is 0 Å². The fourth-order valence-electron chi connectivity index (χ4n) is 1.00. The van der Waals surface area contributed by atoms with Gasteiger partial charge in [-0.05, 0) is 0 Å². The highest BCUT2D eigenvalue weighted by Gasteiger charge is 2.26. The van der Waals surface area contributed by atoms with Gasteiger partial charge in [0, 0.05) is 0 Å². The van der Waals surface area contributed by atoms with Crippen LogP contribution in [0, 0.1) is 0 Å². The Kier molecular flexibility index (Phi) is 1.66. The molecule has 13 heavy (non-hydrogen) atoms. The first-order chi connectivity index (χ1) is 6.31. The summed E-state index contributed by atoms with van der Waals surface area (Å²) in [5.41, 5.74) is 0.196. The fraction of sp³-hybridized carbons (Fsp3) is 0.143. The zero-order valence-electron chi connectivity index (χ0n) is 6.51. The van der Waals surface area contributed by atoms with E-state index in [1.54, 1.807) is 0 Å². The number of rotatable bonds is 2. The average molecular weight is 179 g/mol. The van der Waals surface area contributed by atoms with E-state index < -0.39 is 0 Å². The highest BCUT2D eigenvalue weighted by atomic mass is 16.4. The van der Waals surface area contributed by atoms with Gasteiger partial charge in [0.25, 0.3) is 5.91 Å². The van der Waals surface area contributed by atoms with Gasteiger partial charge in [0.05, 0.1) is 12.6 Å². The van der Waals surface area contributed by atoms with Gasteiger partial charge in [-0.25, -0.2) is 4.98 Å². The Morgan fingerprint density at radius 2 is 2.46 bits per heavy atom. The van der Waals surface area contributed by atoms with E-state index in [4.69, 9.17) is 4.42 Å². The van der Waals surface area contributed by atoms with Crippen molar-refractivity contribution in [1.82, 2.24) is 4.98 Å². The first kappa shape index (κ1) is 7.66. The lowest BCUT2D eigenvalue weighted by molar-refractivity contribution is -0.117. The molecule has 1 aliphatic heterocycles. The van der Waals surface area contributed by atoms with Crippen molar-refractivity contribution in [2.75, 3.05) is 5.01 Å². The molecule has 0 radical (unpaired) electrons. The zero-order valence-corrected chi connectivity index (χ0v) is 6.51. The summed E-state index contributed by atoms with van der Waals surface area (Å²) in [6, 6.07) is 0. The maximum atomic E-state index is 11.2. The van der Waals surface area contributed by atoms with Gasteiger partial charge in [0.1, 0.15) is 5.71 Å². The molecule has 0 bridgehead atoms. The summed E-state index contributed by atoms with van der Waals surface area (Å²) in [6.45, 7) is 0. The Labute approximate surface area is 72.8 Å². The van der Waals surface area contributed by atoms with Crippen molar-refractivity contribution in [2.45, 2.75) is 6.42 Å². The molecule has 6 heteroatoms. The normalized spacial score (nSPS) is 16.2. The van der Waals surface area contributed by atoms with E-state index in [0.717, 1.165) is 5.01 Å². The smallest absolute Gasteiger partial charge is 0.256 e. The topological polar surface area (TPSA) is 75.8 Å². The van der Waals surface area contributed by atoms with Crippen molar-refractivity contribution >= 4 is 23.8 Å². The van der Waals surface area contributed by atoms with Crippen LogP contribution >= 0.6 is 0 Å². The lowest BCUT2D eigenvalue weighted by atomic mass is 10.3. The predicted octanol–water partition coefficient (Wildman–Crippen LogP) is -0.0338. The van der Waals surface area contributed by atoms with Crippen LogP contribution in [0.2, 0.25) is 0 Å². The second-order valence-electron chi connectivity index (χ2n) is 2.43. The molecule has 0 spiro atoms. The maximum Gasteiger partial charge on any atom is 0.256 e. The van der Waals surface area contributed by atoms with Crippen LogP contribution in [0.4, 0.5) is 5.88 Å². The Hall–Kier alpha value is -1.98. The molecule has 0 saturated carbocycles. The molecule has 0 fully saturated rings. The molecule has 1 amide bonds. The minimum atomic E-state index is -0.293. The number of nitrogens with zero attached hydrogens (tertiary/aromatic N) is 3. The molecule has 0 unspecified atom stereocenters. The third-order valence-electron chi connectivity index (χ3n) is 1.56. The van der Waals surface area contributed by atoms with E-state index in [0.29, 0.717) is 6.29 Å². The first-order valence-corrected chi connectivity index (χ1v) is 3.55. The number of aromatic nitrogens is 1. The number of amides is 1. The van der Waals surface area contributed by atoms with Gasteiger partial charge in [-0.3, -0.25) is 9.59 Å². The third kappa shape index (κ3) is 1.22. The molecular weight excluding hydrogens is 174 g/mol. The van der Waals surface area contributed by atoms with Gasteiger partial charge >= 0.3 is 0 Å². The second kappa shape index (κ2) is 2.81. The summed E-state index contributed by atoms with van der Waals surface area (Å²) in [7, 11) is 0. The zero-order chi connectivity index (χ0) is 9.26. The van der Waals surface area contributed by atoms with Crippen molar-refractivity contribution in [2.24, 2.45) is 5.10 Å². The monoisotopic (exact) mass is 179 g/mol. The van der Waals surface area contributed by atoms with Crippen LogP contribution in [0.1, 0.15) is 6.42 Å². The van der Waals surface area contributed by atoms with Crippen LogP contribution in [0.3, 0.4) is 0 Å². The van der Waals surface area contributed by atoms with Crippen molar-refractivity contribution in [3.63, 3.8) is 0 Å². The quantitative estimate of drug-likeness (QED) is 0.597. The van der Waals surface area contributed by atoms with E-state index in [-0.39, 0.29) is 23.9 Å². The molecule has 0 saturated heterocycles. The van der Waals surface area contributed by atoms with Crippen LogP contribution in [-0.2, 0) is 9.59 Å². The summed E-state index contributed by atoms with van der Waals surface area (Å²) in [6.07, 6.45) is 3.12. The molecular formula is C7H5N3O3. The van der Waals surface area contributed by atoms with Crippen LogP contribution in [0.25, 0.3) is 0 Å². The molecule has 6 nitrogen and oxygen atoms in total. The number of hydrogen-bond acceptors (Lipinski definition) is 5. The van der Waals surface area contributed by atoms with Crippen LogP contribution in [-0.4, -0.2) is 22.9 Å². The Balaban J connectivity index is 2.30. The number of hydrazone groups is 1. The van der Waals surface area contributed by atoms with E-state index in [9.17, 15) is 9.59 Å². The average Bonchev–Trinajstić information content (AvgIpc) is 2.72. The summed E-state index contributed by atoms with van der Waals surface area (Å²) in [4.78, 5) is 25.2. The third-order valence-corrected chi connectivity index (χ3v) is 1.56. The molecule has 1 aliphatic rings. The molecule has 66 valence electrons. The second-order valence-corrected chi connectivity index (χ2v) is 2.43. The van der Waals surface area contributed by atoms with Crippen molar-refractivity contribution in [1.29, 1.82) is 0 Å². The molecule has 0 aliphatic carbocycles. The molecule has 1 aromatic heterocycles. The summed E-state index contributed by atoms with van der Waals surface area (Å²) in [5, 5.41) is 4.75. The van der Waals surface area contributed by atoms with Crippen LogP contribution < -0.4 is 5.01 Å². The molecule has 0 N–H and O–H groups in total. The van der Waals surface area contributed by atoms with Gasteiger partial charge in [0.2, 0.25) is 5.88 Å². The molecule has 1 aromatic rings. The van der Waals surface area contributed by atoms with Crippen LogP contribution in [0.15, 0.2) is 22.1 Å². The standard InChI is InChI=1S/C7H5N3O3/c11-3-5-1-6(12)10(9-5)7-2-8-4-13-7/h2-4H,1H2. The Morgan fingerprint density at radius 1 is 1.62 bits per heavy atom. The SMILES string of the molecule is O=CC1=NN(c2cnco2)C(=O)C1. The summed E-state index contributed by atoms with van der Waals surface area (Å²) < 4.78 is 4.85. The van der Waals surface area contributed by atoms with E-state index >= 15 is 0 Å². The number of hydrogen-bond donors (Lipinski definition) is 0. The molecule has 2 heterocycles. The lowest BCUT2D eigenvalue weighted by Gasteiger charge is -2.04. The van der Waals surface area contributed by atoms with Gasteiger partial charge in [0.15, 0.2) is 12.7 Å². The lowest BCUT2D eigenvalue weighted by Crippen LogP contribution is -2.18. The van der Waals surface area contributed by atoms with Gasteiger partial charge in [-0.1, -0.05) is 0 Å². The van der Waals surface area contributed by atoms with E-state index in [1.807, 2.05) is 0 Å². The van der Waals surface area contributed by atoms with Gasteiger partial charge < -0.3 is 4.42 Å². The number of carbonyl (C=O) groups is 2. The largest absolute Gasteiger partial charge is 0.426 e. The fourth-order valence-corrected chi connectivity index (χ4v) is 1.00. The van der Waals surface area contributed by atoms with E-state index in [1.165, 1.54) is 12.6 Å².